The SMILES string of the molecule is CCCOC(=O)c1c[nH]c2c(=O)[nH]c3ccc(S(=O)(=O)N(C[C@H](C)NC(=O)OC(C)(C)C)C4CC4)cc3c12. The highest BCUT2D eigenvalue weighted by Gasteiger charge is 2.39. The summed E-state index contributed by atoms with van der Waals surface area (Å²) in [4.78, 5) is 43.1. The smallest absolute Gasteiger partial charge is 0.407 e. The third-order valence-corrected chi connectivity index (χ3v) is 7.97. The van der Waals surface area contributed by atoms with Crippen molar-refractivity contribution in [2.75, 3.05) is 13.2 Å². The maximum absolute atomic E-state index is 13.8. The van der Waals surface area contributed by atoms with Crippen LogP contribution in [-0.2, 0) is 19.5 Å². The number of sulfonamides is 1. The molecule has 0 saturated heterocycles. The van der Waals surface area contributed by atoms with Gasteiger partial charge >= 0.3 is 12.1 Å². The lowest BCUT2D eigenvalue weighted by Gasteiger charge is -2.27. The largest absolute Gasteiger partial charge is 0.462 e. The number of benzene rings is 1. The van der Waals surface area contributed by atoms with Gasteiger partial charge in [-0.15, -0.1) is 0 Å². The first-order valence-electron chi connectivity index (χ1n) is 12.7. The molecule has 4 rings (SSSR count). The second-order valence-electron chi connectivity index (χ2n) is 10.6. The molecule has 2 heterocycles. The van der Waals surface area contributed by atoms with E-state index in [2.05, 4.69) is 15.3 Å². The fraction of sp³-hybridized carbons (Fsp3) is 0.500. The van der Waals surface area contributed by atoms with Gasteiger partial charge < -0.3 is 24.8 Å². The highest BCUT2D eigenvalue weighted by Crippen LogP contribution is 2.34. The standard InChI is InChI=1S/C26H34N4O7S/c1-6-11-36-24(32)19-13-27-22-21(19)18-12-17(9-10-20(18)29-23(22)31)38(34,35)30(16-7-8-16)14-15(2)28-25(33)37-26(3,4)5/h9-10,12-13,15-16,27H,6-8,11,14H2,1-5H3,(H,28,33)(H,29,31)/t15-/m0/s1. The summed E-state index contributed by atoms with van der Waals surface area (Å²) < 4.78 is 39.6. The highest BCUT2D eigenvalue weighted by atomic mass is 32.2. The molecule has 0 spiro atoms. The number of H-pyrrole nitrogens is 2. The molecule has 1 atom stereocenters. The van der Waals surface area contributed by atoms with Crippen LogP contribution in [-0.4, -0.2) is 65.6 Å². The molecular formula is C26H34N4O7S. The van der Waals surface area contributed by atoms with Gasteiger partial charge in [0.25, 0.3) is 5.56 Å². The van der Waals surface area contributed by atoms with Gasteiger partial charge in [0, 0.05) is 41.1 Å². The zero-order valence-corrected chi connectivity index (χ0v) is 23.0. The molecule has 206 valence electrons. The van der Waals surface area contributed by atoms with Crippen LogP contribution in [0.25, 0.3) is 21.8 Å². The molecule has 1 saturated carbocycles. The van der Waals surface area contributed by atoms with E-state index in [4.69, 9.17) is 9.47 Å². The summed E-state index contributed by atoms with van der Waals surface area (Å²) in [5.74, 6) is -0.597. The number of nitrogens with one attached hydrogen (secondary N) is 3. The molecule has 1 aliphatic carbocycles. The molecule has 1 aromatic carbocycles. The lowest BCUT2D eigenvalue weighted by molar-refractivity contribution is 0.0494. The Balaban J connectivity index is 1.70. The van der Waals surface area contributed by atoms with Crippen LogP contribution in [0, 0.1) is 0 Å². The zero-order valence-electron chi connectivity index (χ0n) is 22.2. The predicted molar refractivity (Wildman–Crippen MR) is 143 cm³/mol. The number of aromatic nitrogens is 2. The molecule has 0 aliphatic heterocycles. The minimum absolute atomic E-state index is 0.0174. The Hall–Kier alpha value is -3.38. The lowest BCUT2D eigenvalue weighted by atomic mass is 10.1. The van der Waals surface area contributed by atoms with Gasteiger partial charge in [-0.3, -0.25) is 4.79 Å². The maximum Gasteiger partial charge on any atom is 0.407 e. The average Bonchev–Trinajstić information content (AvgIpc) is 3.55. The predicted octanol–water partition coefficient (Wildman–Crippen LogP) is 3.64. The van der Waals surface area contributed by atoms with Crippen molar-refractivity contribution in [3.05, 3.63) is 40.3 Å². The quantitative estimate of drug-likeness (QED) is 0.347. The van der Waals surface area contributed by atoms with Crippen molar-refractivity contribution in [2.45, 2.75) is 76.5 Å². The average molecular weight is 547 g/mol. The number of ether oxygens (including phenoxy) is 2. The number of nitrogens with zero attached hydrogens (tertiary/aromatic N) is 1. The minimum Gasteiger partial charge on any atom is -0.462 e. The van der Waals surface area contributed by atoms with E-state index in [0.29, 0.717) is 22.7 Å². The summed E-state index contributed by atoms with van der Waals surface area (Å²) in [5, 5.41) is 3.41. The number of aromatic amines is 2. The summed E-state index contributed by atoms with van der Waals surface area (Å²) in [7, 11) is -3.98. The van der Waals surface area contributed by atoms with Crippen LogP contribution in [0.4, 0.5) is 4.79 Å². The summed E-state index contributed by atoms with van der Waals surface area (Å²) in [6, 6.07) is 3.73. The maximum atomic E-state index is 13.8. The molecular weight excluding hydrogens is 512 g/mol. The number of hydrogen-bond acceptors (Lipinski definition) is 7. The molecule has 3 N–H and O–H groups in total. The van der Waals surface area contributed by atoms with Gasteiger partial charge in [0.1, 0.15) is 11.1 Å². The van der Waals surface area contributed by atoms with Crippen LogP contribution in [0.3, 0.4) is 0 Å². The Bertz CT molecular complexity index is 1530. The van der Waals surface area contributed by atoms with Crippen molar-refractivity contribution in [2.24, 2.45) is 0 Å². The van der Waals surface area contributed by atoms with Crippen LogP contribution in [0.1, 0.15) is 64.2 Å². The van der Waals surface area contributed by atoms with Gasteiger partial charge in [0.15, 0.2) is 0 Å². The third-order valence-electron chi connectivity index (χ3n) is 6.05. The van der Waals surface area contributed by atoms with E-state index < -0.39 is 39.3 Å². The molecule has 38 heavy (non-hydrogen) atoms. The summed E-state index contributed by atoms with van der Waals surface area (Å²) >= 11 is 0. The number of hydrogen-bond donors (Lipinski definition) is 3. The fourth-order valence-electron chi connectivity index (χ4n) is 4.27. The number of fused-ring (bicyclic) bond motifs is 3. The number of carbonyl (C=O) groups excluding carboxylic acids is 2. The summed E-state index contributed by atoms with van der Waals surface area (Å²) in [6.45, 7) is 9.12. The molecule has 3 aromatic rings. The number of alkyl carbamates (subject to hydrolysis) is 1. The first-order chi connectivity index (χ1) is 17.8. The molecule has 1 amide bonds. The monoisotopic (exact) mass is 546 g/mol. The van der Waals surface area contributed by atoms with Crippen molar-refractivity contribution < 1.29 is 27.5 Å². The van der Waals surface area contributed by atoms with Gasteiger partial charge in [-0.05, 0) is 65.2 Å². The first kappa shape index (κ1) is 27.6. The van der Waals surface area contributed by atoms with E-state index >= 15 is 0 Å². The van der Waals surface area contributed by atoms with Crippen LogP contribution < -0.4 is 10.9 Å². The van der Waals surface area contributed by atoms with Crippen molar-refractivity contribution in [3.8, 4) is 0 Å². The van der Waals surface area contributed by atoms with Crippen molar-refractivity contribution in [3.63, 3.8) is 0 Å². The third kappa shape index (κ3) is 5.86. The number of amides is 1. The van der Waals surface area contributed by atoms with E-state index in [1.54, 1.807) is 27.7 Å². The fourth-order valence-corrected chi connectivity index (χ4v) is 6.07. The molecule has 2 aromatic heterocycles. The Morgan fingerprint density at radius 3 is 2.58 bits per heavy atom. The molecule has 0 bridgehead atoms. The Labute approximate surface area is 220 Å². The van der Waals surface area contributed by atoms with E-state index in [1.165, 1.54) is 28.7 Å². The van der Waals surface area contributed by atoms with Crippen LogP contribution in [0.5, 0.6) is 0 Å². The van der Waals surface area contributed by atoms with E-state index in [0.717, 1.165) is 12.8 Å². The van der Waals surface area contributed by atoms with Crippen LogP contribution >= 0.6 is 0 Å². The molecule has 0 unspecified atom stereocenters. The normalized spacial score (nSPS) is 15.1. The summed E-state index contributed by atoms with van der Waals surface area (Å²) in [6.07, 6.45) is 2.85. The molecule has 12 heteroatoms. The van der Waals surface area contributed by atoms with Crippen molar-refractivity contribution >= 4 is 43.9 Å². The van der Waals surface area contributed by atoms with E-state index in [-0.39, 0.29) is 35.2 Å². The van der Waals surface area contributed by atoms with E-state index in [1.807, 2.05) is 6.92 Å². The number of esters is 1. The molecule has 1 aliphatic rings. The zero-order chi connectivity index (χ0) is 27.8. The van der Waals surface area contributed by atoms with Crippen LogP contribution in [0.15, 0.2) is 34.1 Å². The highest BCUT2D eigenvalue weighted by molar-refractivity contribution is 7.89. The number of carbonyl (C=O) groups is 2. The van der Waals surface area contributed by atoms with Gasteiger partial charge in [-0.25, -0.2) is 18.0 Å². The number of pyridine rings is 1. The van der Waals surface area contributed by atoms with Crippen LogP contribution in [0.2, 0.25) is 0 Å². The number of rotatable bonds is 9. The Morgan fingerprint density at radius 2 is 1.95 bits per heavy atom. The molecule has 0 radical (unpaired) electrons. The molecule has 11 nitrogen and oxygen atoms in total. The topological polar surface area (TPSA) is 151 Å². The van der Waals surface area contributed by atoms with Gasteiger partial charge in [-0.1, -0.05) is 6.92 Å². The van der Waals surface area contributed by atoms with Crippen molar-refractivity contribution in [1.82, 2.24) is 19.6 Å². The van der Waals surface area contributed by atoms with Gasteiger partial charge in [-0.2, -0.15) is 4.31 Å². The lowest BCUT2D eigenvalue weighted by Crippen LogP contribution is -2.46. The summed E-state index contributed by atoms with van der Waals surface area (Å²) in [5.41, 5.74) is -0.398. The van der Waals surface area contributed by atoms with Gasteiger partial charge in [0.05, 0.1) is 17.1 Å². The first-order valence-corrected chi connectivity index (χ1v) is 14.1. The molecule has 1 fully saturated rings. The Morgan fingerprint density at radius 1 is 1.24 bits per heavy atom. The Kier molecular flexibility index (Phi) is 7.57. The minimum atomic E-state index is -3.98. The second-order valence-corrected chi connectivity index (χ2v) is 12.5. The van der Waals surface area contributed by atoms with Crippen molar-refractivity contribution in [1.29, 1.82) is 0 Å². The van der Waals surface area contributed by atoms with Gasteiger partial charge in [0.2, 0.25) is 10.0 Å². The second kappa shape index (κ2) is 10.4. The van der Waals surface area contributed by atoms with E-state index in [9.17, 15) is 22.8 Å².